The fraction of sp³-hybridized carbons (Fsp3) is 0.500. The van der Waals surface area contributed by atoms with Crippen LogP contribution in [0.25, 0.3) is 0 Å². The molecule has 0 spiro atoms. The van der Waals surface area contributed by atoms with Crippen LogP contribution in [0.15, 0.2) is 12.2 Å². The number of allylic oxidation sites excluding steroid dienone is 1. The maximum Gasteiger partial charge on any atom is 0.271 e. The molecule has 5 nitrogen and oxygen atoms in total. The molecule has 1 unspecified atom stereocenters. The summed E-state index contributed by atoms with van der Waals surface area (Å²) < 4.78 is 1.54. The van der Waals surface area contributed by atoms with E-state index in [1.807, 2.05) is 0 Å². The van der Waals surface area contributed by atoms with Gasteiger partial charge in [0.25, 0.3) is 5.91 Å². The van der Waals surface area contributed by atoms with Gasteiger partial charge in [0.1, 0.15) is 5.69 Å². The molecule has 1 heterocycles. The summed E-state index contributed by atoms with van der Waals surface area (Å²) in [6, 6.07) is 0.210. The van der Waals surface area contributed by atoms with E-state index in [2.05, 4.69) is 22.6 Å². The highest BCUT2D eigenvalue weighted by Crippen LogP contribution is 2.17. The van der Waals surface area contributed by atoms with Gasteiger partial charge in [-0.3, -0.25) is 9.48 Å². The molecule has 1 atom stereocenters. The summed E-state index contributed by atoms with van der Waals surface area (Å²) >= 11 is 0. The van der Waals surface area contributed by atoms with Crippen LogP contribution in [0.5, 0.6) is 0 Å². The molecule has 1 aromatic heterocycles. The maximum atomic E-state index is 12.1. The van der Waals surface area contributed by atoms with E-state index in [-0.39, 0.29) is 11.9 Å². The Kier molecular flexibility index (Phi) is 3.17. The largest absolute Gasteiger partial charge is 0.395 e. The number of aromatic nitrogens is 2. The molecule has 0 saturated carbocycles. The molecule has 1 amide bonds. The summed E-state index contributed by atoms with van der Waals surface area (Å²) in [5, 5.41) is 7.14. The smallest absolute Gasteiger partial charge is 0.271 e. The van der Waals surface area contributed by atoms with E-state index in [1.165, 1.54) is 0 Å². The number of nitrogens with zero attached hydrogens (tertiary/aromatic N) is 2. The van der Waals surface area contributed by atoms with Crippen LogP contribution in [-0.2, 0) is 7.05 Å². The lowest BCUT2D eigenvalue weighted by Crippen LogP contribution is -2.36. The van der Waals surface area contributed by atoms with Gasteiger partial charge in [-0.1, -0.05) is 12.2 Å². The second-order valence-corrected chi connectivity index (χ2v) is 4.43. The van der Waals surface area contributed by atoms with E-state index in [1.54, 1.807) is 18.7 Å². The minimum Gasteiger partial charge on any atom is -0.395 e. The van der Waals surface area contributed by atoms with E-state index in [9.17, 15) is 4.79 Å². The van der Waals surface area contributed by atoms with Crippen molar-refractivity contribution in [3.8, 4) is 0 Å². The van der Waals surface area contributed by atoms with Crippen molar-refractivity contribution in [3.63, 3.8) is 0 Å². The molecule has 92 valence electrons. The van der Waals surface area contributed by atoms with Crippen LogP contribution in [0.2, 0.25) is 0 Å². The van der Waals surface area contributed by atoms with Gasteiger partial charge in [-0.25, -0.2) is 0 Å². The van der Waals surface area contributed by atoms with E-state index in [4.69, 9.17) is 5.73 Å². The first-order chi connectivity index (χ1) is 8.09. The molecule has 0 radical (unpaired) electrons. The standard InChI is InChI=1S/C12H18N4O/c1-8-10(13)11(16(2)15-8)12(17)14-9-6-4-3-5-7-9/h3-4,9H,5-7,13H2,1-2H3,(H,14,17). The number of nitrogens with two attached hydrogens (primary N) is 1. The average Bonchev–Trinajstić information content (AvgIpc) is 2.54. The van der Waals surface area contributed by atoms with Crippen LogP contribution < -0.4 is 11.1 Å². The van der Waals surface area contributed by atoms with Crippen molar-refractivity contribution in [1.82, 2.24) is 15.1 Å². The van der Waals surface area contributed by atoms with Gasteiger partial charge in [-0.15, -0.1) is 0 Å². The monoisotopic (exact) mass is 234 g/mol. The number of rotatable bonds is 2. The zero-order valence-electron chi connectivity index (χ0n) is 10.2. The van der Waals surface area contributed by atoms with E-state index in [0.717, 1.165) is 19.3 Å². The van der Waals surface area contributed by atoms with Gasteiger partial charge >= 0.3 is 0 Å². The molecular weight excluding hydrogens is 216 g/mol. The Labute approximate surface area is 101 Å². The van der Waals surface area contributed by atoms with Gasteiger partial charge in [0.05, 0.1) is 11.4 Å². The first kappa shape index (κ1) is 11.7. The van der Waals surface area contributed by atoms with Crippen molar-refractivity contribution in [2.24, 2.45) is 7.05 Å². The summed E-state index contributed by atoms with van der Waals surface area (Å²) in [6.07, 6.45) is 7.14. The number of amides is 1. The highest BCUT2D eigenvalue weighted by Gasteiger charge is 2.20. The predicted octanol–water partition coefficient (Wildman–Crippen LogP) is 1.15. The van der Waals surface area contributed by atoms with E-state index < -0.39 is 0 Å². The van der Waals surface area contributed by atoms with Gasteiger partial charge in [0.2, 0.25) is 0 Å². The number of hydrogen-bond acceptors (Lipinski definition) is 3. The number of hydrogen-bond donors (Lipinski definition) is 2. The Balaban J connectivity index is 2.11. The Morgan fingerprint density at radius 3 is 2.88 bits per heavy atom. The van der Waals surface area contributed by atoms with Gasteiger partial charge in [0, 0.05) is 13.1 Å². The Bertz CT molecular complexity index is 461. The molecule has 5 heteroatoms. The number of nitrogen functional groups attached to an aromatic ring is 1. The minimum atomic E-state index is -0.133. The van der Waals surface area contributed by atoms with Crippen molar-refractivity contribution in [1.29, 1.82) is 0 Å². The van der Waals surface area contributed by atoms with Crippen LogP contribution in [-0.4, -0.2) is 21.7 Å². The first-order valence-electron chi connectivity index (χ1n) is 5.84. The second kappa shape index (κ2) is 4.61. The quantitative estimate of drug-likeness (QED) is 0.754. The zero-order valence-corrected chi connectivity index (χ0v) is 10.2. The molecule has 0 aromatic carbocycles. The fourth-order valence-corrected chi connectivity index (χ4v) is 2.12. The lowest BCUT2D eigenvalue weighted by Gasteiger charge is -2.19. The molecule has 1 aromatic rings. The lowest BCUT2D eigenvalue weighted by molar-refractivity contribution is 0.0926. The number of carbonyl (C=O) groups excluding carboxylic acids is 1. The molecule has 17 heavy (non-hydrogen) atoms. The van der Waals surface area contributed by atoms with E-state index >= 15 is 0 Å². The highest BCUT2D eigenvalue weighted by atomic mass is 16.2. The normalized spacial score (nSPS) is 19.3. The van der Waals surface area contributed by atoms with Gasteiger partial charge in [0.15, 0.2) is 0 Å². The lowest BCUT2D eigenvalue weighted by atomic mass is 10.0. The Hall–Kier alpha value is -1.78. The zero-order chi connectivity index (χ0) is 12.4. The van der Waals surface area contributed by atoms with Crippen LogP contribution >= 0.6 is 0 Å². The minimum absolute atomic E-state index is 0.133. The average molecular weight is 234 g/mol. The Morgan fingerprint density at radius 1 is 1.59 bits per heavy atom. The first-order valence-corrected chi connectivity index (χ1v) is 5.84. The van der Waals surface area contributed by atoms with Crippen molar-refractivity contribution < 1.29 is 4.79 Å². The molecule has 0 bridgehead atoms. The summed E-state index contributed by atoms with van der Waals surface area (Å²) in [7, 11) is 1.74. The predicted molar refractivity (Wildman–Crippen MR) is 66.6 cm³/mol. The van der Waals surface area contributed by atoms with Gasteiger partial charge in [-0.2, -0.15) is 5.10 Å². The molecule has 3 N–H and O–H groups in total. The summed E-state index contributed by atoms with van der Waals surface area (Å²) in [5.74, 6) is -0.133. The highest BCUT2D eigenvalue weighted by molar-refractivity contribution is 5.98. The third-order valence-electron chi connectivity index (χ3n) is 3.09. The third kappa shape index (κ3) is 2.33. The molecule has 2 rings (SSSR count). The molecule has 1 aliphatic carbocycles. The Morgan fingerprint density at radius 2 is 2.35 bits per heavy atom. The summed E-state index contributed by atoms with van der Waals surface area (Å²) in [5.41, 5.74) is 7.47. The fourth-order valence-electron chi connectivity index (χ4n) is 2.12. The number of nitrogens with one attached hydrogen (secondary N) is 1. The topological polar surface area (TPSA) is 72.9 Å². The SMILES string of the molecule is Cc1nn(C)c(C(=O)NC2CC=CCC2)c1N. The van der Waals surface area contributed by atoms with Crippen LogP contribution in [0.4, 0.5) is 5.69 Å². The maximum absolute atomic E-state index is 12.1. The molecule has 0 fully saturated rings. The van der Waals surface area contributed by atoms with Crippen molar-refractivity contribution in [2.75, 3.05) is 5.73 Å². The van der Waals surface area contributed by atoms with Crippen LogP contribution in [0.3, 0.4) is 0 Å². The van der Waals surface area contributed by atoms with Crippen molar-refractivity contribution >= 4 is 11.6 Å². The van der Waals surface area contributed by atoms with Crippen molar-refractivity contribution in [2.45, 2.75) is 32.2 Å². The summed E-state index contributed by atoms with van der Waals surface area (Å²) in [4.78, 5) is 12.1. The molecule has 0 saturated heterocycles. The molecule has 1 aliphatic rings. The number of anilines is 1. The van der Waals surface area contributed by atoms with Gasteiger partial charge < -0.3 is 11.1 Å². The summed E-state index contributed by atoms with van der Waals surface area (Å²) in [6.45, 7) is 1.80. The number of carbonyl (C=O) groups is 1. The molecular formula is C12H18N4O. The van der Waals surface area contributed by atoms with E-state index in [0.29, 0.717) is 17.1 Å². The van der Waals surface area contributed by atoms with Gasteiger partial charge in [-0.05, 0) is 26.2 Å². The molecule has 0 aliphatic heterocycles. The third-order valence-corrected chi connectivity index (χ3v) is 3.09. The second-order valence-electron chi connectivity index (χ2n) is 4.43. The number of aryl methyl sites for hydroxylation is 2. The van der Waals surface area contributed by atoms with Crippen molar-refractivity contribution in [3.05, 3.63) is 23.5 Å². The van der Waals surface area contributed by atoms with Crippen LogP contribution in [0, 0.1) is 6.92 Å². The van der Waals surface area contributed by atoms with Crippen LogP contribution in [0.1, 0.15) is 35.4 Å².